The Balaban J connectivity index is 2.30. The number of benzene rings is 2. The summed E-state index contributed by atoms with van der Waals surface area (Å²) in [4.78, 5) is 11.0. The average molecular weight is 251 g/mol. The van der Waals surface area contributed by atoms with Gasteiger partial charge in [0, 0.05) is 27.4 Å². The zero-order valence-corrected chi connectivity index (χ0v) is 10.3. The van der Waals surface area contributed by atoms with Gasteiger partial charge in [-0.3, -0.25) is 0 Å². The fraction of sp³-hybridized carbons (Fsp3) is 0.0625. The first-order valence-electron chi connectivity index (χ1n) is 6.05. The van der Waals surface area contributed by atoms with E-state index in [9.17, 15) is 4.79 Å². The van der Waals surface area contributed by atoms with Crippen LogP contribution in [0.25, 0.3) is 21.8 Å². The van der Waals surface area contributed by atoms with Crippen molar-refractivity contribution in [3.63, 3.8) is 0 Å². The maximum absolute atomic E-state index is 11.0. The van der Waals surface area contributed by atoms with Crippen molar-refractivity contribution < 1.29 is 9.90 Å². The molecule has 3 heteroatoms. The summed E-state index contributed by atoms with van der Waals surface area (Å²) in [6, 6.07) is 16.0. The first kappa shape index (κ1) is 11.5. The average Bonchev–Trinajstić information content (AvgIpc) is 2.74. The van der Waals surface area contributed by atoms with Crippen molar-refractivity contribution in [1.82, 2.24) is 4.57 Å². The third-order valence-corrected chi connectivity index (χ3v) is 3.33. The van der Waals surface area contributed by atoms with E-state index >= 15 is 0 Å². The SMILES string of the molecule is C=C(Cn1c2ccccc2c2ccccc21)C(=O)O. The van der Waals surface area contributed by atoms with E-state index in [1.54, 1.807) is 0 Å². The van der Waals surface area contributed by atoms with Crippen molar-refractivity contribution in [3.05, 3.63) is 60.7 Å². The molecule has 19 heavy (non-hydrogen) atoms. The van der Waals surface area contributed by atoms with Crippen molar-refractivity contribution in [3.8, 4) is 0 Å². The van der Waals surface area contributed by atoms with E-state index in [2.05, 4.69) is 18.7 Å². The Morgan fingerprint density at radius 1 is 1.00 bits per heavy atom. The lowest BCUT2D eigenvalue weighted by atomic mass is 10.2. The van der Waals surface area contributed by atoms with Gasteiger partial charge in [0.1, 0.15) is 0 Å². The largest absolute Gasteiger partial charge is 0.478 e. The molecule has 0 spiro atoms. The first-order valence-corrected chi connectivity index (χ1v) is 6.05. The van der Waals surface area contributed by atoms with Gasteiger partial charge in [-0.05, 0) is 12.1 Å². The molecular weight excluding hydrogens is 238 g/mol. The fourth-order valence-corrected chi connectivity index (χ4v) is 2.43. The van der Waals surface area contributed by atoms with Crippen molar-refractivity contribution in [1.29, 1.82) is 0 Å². The third-order valence-electron chi connectivity index (χ3n) is 3.33. The van der Waals surface area contributed by atoms with Crippen LogP contribution in [0.4, 0.5) is 0 Å². The van der Waals surface area contributed by atoms with Crippen LogP contribution in [0, 0.1) is 0 Å². The summed E-state index contributed by atoms with van der Waals surface area (Å²) in [7, 11) is 0. The lowest BCUT2D eigenvalue weighted by Crippen LogP contribution is -2.07. The van der Waals surface area contributed by atoms with Crippen molar-refractivity contribution in [2.75, 3.05) is 0 Å². The molecule has 1 N–H and O–H groups in total. The van der Waals surface area contributed by atoms with Crippen LogP contribution in [-0.2, 0) is 11.3 Å². The van der Waals surface area contributed by atoms with Crippen LogP contribution in [0.2, 0.25) is 0 Å². The summed E-state index contributed by atoms with van der Waals surface area (Å²) in [5.74, 6) is -0.957. The zero-order valence-electron chi connectivity index (χ0n) is 10.3. The van der Waals surface area contributed by atoms with Gasteiger partial charge in [-0.15, -0.1) is 0 Å². The van der Waals surface area contributed by atoms with E-state index in [0.717, 1.165) is 21.8 Å². The number of hydrogen-bond acceptors (Lipinski definition) is 1. The summed E-state index contributed by atoms with van der Waals surface area (Å²) in [5.41, 5.74) is 2.25. The first-order chi connectivity index (χ1) is 9.18. The minimum absolute atomic E-state index is 0.187. The fourth-order valence-electron chi connectivity index (χ4n) is 2.43. The van der Waals surface area contributed by atoms with Crippen molar-refractivity contribution >= 4 is 27.8 Å². The van der Waals surface area contributed by atoms with Crippen molar-refractivity contribution in [2.24, 2.45) is 0 Å². The van der Waals surface area contributed by atoms with Gasteiger partial charge < -0.3 is 9.67 Å². The van der Waals surface area contributed by atoms with Crippen LogP contribution in [0.3, 0.4) is 0 Å². The molecule has 0 aliphatic heterocycles. The molecule has 0 bridgehead atoms. The summed E-state index contributed by atoms with van der Waals surface area (Å²) < 4.78 is 2.00. The van der Waals surface area contributed by atoms with Gasteiger partial charge in [0.2, 0.25) is 0 Å². The molecule has 0 atom stereocenters. The van der Waals surface area contributed by atoms with Crippen molar-refractivity contribution in [2.45, 2.75) is 6.54 Å². The summed E-state index contributed by atoms with van der Waals surface area (Å²) in [6.07, 6.45) is 0. The number of carboxylic acids is 1. The Morgan fingerprint density at radius 3 is 1.95 bits per heavy atom. The Labute approximate surface area is 110 Å². The topological polar surface area (TPSA) is 42.2 Å². The van der Waals surface area contributed by atoms with Gasteiger partial charge in [0.05, 0.1) is 6.54 Å². The lowest BCUT2D eigenvalue weighted by Gasteiger charge is -2.06. The molecule has 0 saturated heterocycles. The molecule has 0 radical (unpaired) electrons. The van der Waals surface area contributed by atoms with Gasteiger partial charge in [0.15, 0.2) is 0 Å². The second kappa shape index (κ2) is 4.28. The molecule has 94 valence electrons. The number of hydrogen-bond donors (Lipinski definition) is 1. The molecule has 2 aromatic carbocycles. The minimum Gasteiger partial charge on any atom is -0.478 e. The second-order valence-corrected chi connectivity index (χ2v) is 4.53. The predicted octanol–water partition coefficient (Wildman–Crippen LogP) is 3.44. The smallest absolute Gasteiger partial charge is 0.332 e. The molecule has 0 saturated carbocycles. The molecule has 1 heterocycles. The van der Waals surface area contributed by atoms with Crippen LogP contribution in [0.5, 0.6) is 0 Å². The molecule has 3 nitrogen and oxygen atoms in total. The number of aliphatic carboxylic acids is 1. The number of fused-ring (bicyclic) bond motifs is 3. The standard InChI is InChI=1S/C16H13NO2/c1-11(16(18)19)10-17-14-8-4-2-6-12(14)13-7-3-5-9-15(13)17/h2-9H,1,10H2,(H,18,19). The molecule has 0 fully saturated rings. The molecule has 3 aromatic rings. The number of aromatic nitrogens is 1. The number of carboxylic acid groups (broad SMARTS) is 1. The van der Waals surface area contributed by atoms with Gasteiger partial charge in [-0.25, -0.2) is 4.79 Å². The van der Waals surface area contributed by atoms with Crippen LogP contribution in [-0.4, -0.2) is 15.6 Å². The highest BCUT2D eigenvalue weighted by atomic mass is 16.4. The summed E-state index contributed by atoms with van der Waals surface area (Å²) in [6.45, 7) is 3.92. The molecule has 0 aliphatic rings. The van der Waals surface area contributed by atoms with Crippen LogP contribution >= 0.6 is 0 Å². The van der Waals surface area contributed by atoms with Crippen LogP contribution in [0.1, 0.15) is 0 Å². The normalized spacial score (nSPS) is 10.9. The summed E-state index contributed by atoms with van der Waals surface area (Å²) >= 11 is 0. The monoisotopic (exact) mass is 251 g/mol. The van der Waals surface area contributed by atoms with Gasteiger partial charge in [-0.2, -0.15) is 0 Å². The number of carbonyl (C=O) groups is 1. The van der Waals surface area contributed by atoms with Crippen LogP contribution in [0.15, 0.2) is 60.7 Å². The molecule has 0 amide bonds. The van der Waals surface area contributed by atoms with E-state index in [1.165, 1.54) is 0 Å². The van der Waals surface area contributed by atoms with E-state index in [1.807, 2.05) is 41.0 Å². The molecule has 0 unspecified atom stereocenters. The maximum Gasteiger partial charge on any atom is 0.332 e. The van der Waals surface area contributed by atoms with Crippen LogP contribution < -0.4 is 0 Å². The van der Waals surface area contributed by atoms with E-state index in [-0.39, 0.29) is 5.57 Å². The molecular formula is C16H13NO2. The predicted molar refractivity (Wildman–Crippen MR) is 76.2 cm³/mol. The van der Waals surface area contributed by atoms with E-state index in [4.69, 9.17) is 5.11 Å². The highest BCUT2D eigenvalue weighted by molar-refractivity contribution is 6.08. The molecule has 1 aromatic heterocycles. The Morgan fingerprint density at radius 2 is 1.47 bits per heavy atom. The zero-order chi connectivity index (χ0) is 13.4. The summed E-state index contributed by atoms with van der Waals surface area (Å²) in [5, 5.41) is 11.3. The van der Waals surface area contributed by atoms with E-state index < -0.39 is 5.97 Å². The highest BCUT2D eigenvalue weighted by Crippen LogP contribution is 2.29. The van der Waals surface area contributed by atoms with Gasteiger partial charge >= 0.3 is 5.97 Å². The molecule has 3 rings (SSSR count). The van der Waals surface area contributed by atoms with E-state index in [0.29, 0.717) is 6.54 Å². The number of nitrogens with zero attached hydrogens (tertiary/aromatic N) is 1. The third kappa shape index (κ3) is 1.80. The van der Waals surface area contributed by atoms with Gasteiger partial charge in [0.25, 0.3) is 0 Å². The quantitative estimate of drug-likeness (QED) is 0.724. The maximum atomic E-state index is 11.0. The second-order valence-electron chi connectivity index (χ2n) is 4.53. The Bertz CT molecular complexity index is 745. The Hall–Kier alpha value is -2.55. The highest BCUT2D eigenvalue weighted by Gasteiger charge is 2.12. The minimum atomic E-state index is -0.957. The molecule has 0 aliphatic carbocycles. The van der Waals surface area contributed by atoms with Gasteiger partial charge in [-0.1, -0.05) is 43.0 Å². The number of rotatable bonds is 3. The lowest BCUT2D eigenvalue weighted by molar-refractivity contribution is -0.132. The number of para-hydroxylation sites is 2. The Kier molecular flexibility index (Phi) is 2.60.